The van der Waals surface area contributed by atoms with Crippen LogP contribution in [0, 0.1) is 0 Å². The Morgan fingerprint density at radius 1 is 1.07 bits per heavy atom. The van der Waals surface area contributed by atoms with Crippen LogP contribution >= 0.6 is 0 Å². The van der Waals surface area contributed by atoms with E-state index in [1.807, 2.05) is 0 Å². The summed E-state index contributed by atoms with van der Waals surface area (Å²) in [5.74, 6) is 0. The predicted octanol–water partition coefficient (Wildman–Crippen LogP) is -5.60. The molecule has 0 aromatic rings. The molecule has 0 spiro atoms. The Labute approximate surface area is 123 Å². The van der Waals surface area contributed by atoms with Gasteiger partial charge in [-0.1, -0.05) is 0 Å². The summed E-state index contributed by atoms with van der Waals surface area (Å²) in [5.41, 5.74) is 0. The van der Waals surface area contributed by atoms with Crippen molar-refractivity contribution >= 4 is 36.3 Å². The molecule has 0 bridgehead atoms. The van der Waals surface area contributed by atoms with Crippen LogP contribution in [0.1, 0.15) is 0 Å². The van der Waals surface area contributed by atoms with Gasteiger partial charge in [-0.15, -0.1) is 0 Å². The summed E-state index contributed by atoms with van der Waals surface area (Å²) >= 11 is 0. The molecule has 14 heteroatoms. The summed E-state index contributed by atoms with van der Waals surface area (Å²) < 4.78 is 51.5. The molecule has 0 saturated carbocycles. The van der Waals surface area contributed by atoms with Crippen LogP contribution in [0.15, 0.2) is 0 Å². The average Bonchev–Trinajstić information content (AvgIpc) is 2.04. The van der Waals surface area contributed by atoms with E-state index in [-0.39, 0.29) is 66.1 Å². The smallest absolute Gasteiger partial charge is 1.00 e. The van der Waals surface area contributed by atoms with E-state index >= 15 is 0 Å². The van der Waals surface area contributed by atoms with Crippen LogP contribution in [0.5, 0.6) is 0 Å². The van der Waals surface area contributed by atoms with Crippen molar-refractivity contribution in [2.75, 3.05) is 0 Å². The van der Waals surface area contributed by atoms with Gasteiger partial charge in [0.15, 0.2) is 0 Å². The normalized spacial score (nSPS) is 13.9. The maximum absolute atomic E-state index is 10.6. The van der Waals surface area contributed by atoms with Crippen molar-refractivity contribution in [3.63, 3.8) is 0 Å². The summed E-state index contributed by atoms with van der Waals surface area (Å²) in [6, 6.07) is 0. The third-order valence-electron chi connectivity index (χ3n) is 1.00. The van der Waals surface area contributed by atoms with Crippen molar-refractivity contribution in [3.8, 4) is 0 Å². The topological polar surface area (TPSA) is 97.4 Å². The Morgan fingerprint density at radius 3 is 1.86 bits per heavy atom. The van der Waals surface area contributed by atoms with E-state index in [0.717, 1.165) is 0 Å². The van der Waals surface area contributed by atoms with Crippen molar-refractivity contribution < 1.29 is 88.4 Å². The van der Waals surface area contributed by atoms with Gasteiger partial charge in [-0.05, 0) is 0 Å². The van der Waals surface area contributed by atoms with E-state index in [4.69, 9.17) is 0 Å². The van der Waals surface area contributed by atoms with Gasteiger partial charge in [0.2, 0.25) is 0 Å². The fourth-order valence-electron chi connectivity index (χ4n) is 0.587. The molecular weight excluding hydrogens is 221 g/mol. The largest absolute Gasteiger partial charge is 1.00 e. The third-order valence-corrected chi connectivity index (χ3v) is 1.00. The fourth-order valence-corrected chi connectivity index (χ4v) is 0.587. The zero-order chi connectivity index (χ0) is 9.68. The van der Waals surface area contributed by atoms with Gasteiger partial charge in [0, 0.05) is 0 Å². The maximum atomic E-state index is 10.6. The van der Waals surface area contributed by atoms with E-state index in [1.165, 1.54) is 0 Å². The Morgan fingerprint density at radius 2 is 1.50 bits per heavy atom. The molecule has 1 fully saturated rings. The van der Waals surface area contributed by atoms with Crippen LogP contribution < -0.4 is 51.4 Å². The second kappa shape index (κ2) is 7.77. The van der Waals surface area contributed by atoms with Crippen molar-refractivity contribution in [3.05, 3.63) is 0 Å². The quantitative estimate of drug-likeness (QED) is 0.433. The van der Waals surface area contributed by atoms with Gasteiger partial charge >= 0.3 is 125 Å². The predicted molar refractivity (Wildman–Crippen MR) is 36.3 cm³/mol. The van der Waals surface area contributed by atoms with Gasteiger partial charge in [-0.2, -0.15) is 0 Å². The Bertz CT molecular complexity index is 198. The second-order valence-corrected chi connectivity index (χ2v) is 1.74. The molecule has 1 heterocycles. The zero-order valence-electron chi connectivity index (χ0n) is 7.15. The summed E-state index contributed by atoms with van der Waals surface area (Å²) in [4.78, 5) is 0. The first kappa shape index (κ1) is 14.5. The van der Waals surface area contributed by atoms with Gasteiger partial charge in [0.05, 0.1) is 0 Å². The molecule has 64 valence electrons. The van der Waals surface area contributed by atoms with Crippen molar-refractivity contribution in [2.24, 2.45) is 0 Å². The van der Waals surface area contributed by atoms with Gasteiger partial charge in [-0.3, -0.25) is 0 Å². The van der Waals surface area contributed by atoms with Gasteiger partial charge < -0.3 is 0 Å². The number of hydrogen-bond donors (Lipinski definition) is 0. The van der Waals surface area contributed by atoms with Crippen molar-refractivity contribution in [1.82, 2.24) is 0 Å². The zero-order valence-corrected chi connectivity index (χ0v) is 10.3. The van der Waals surface area contributed by atoms with Gasteiger partial charge in [-0.25, -0.2) is 0 Å². The standard InChI is InChI=1S/B5O8.K/c6-1-9-4-11-3(8)12-5(13-4)10-2-7;/q-1;+1. The van der Waals surface area contributed by atoms with E-state index in [0.29, 0.717) is 0 Å². The molecule has 1 aliphatic rings. The van der Waals surface area contributed by atoms with Crippen LogP contribution in [-0.2, 0) is 37.0 Å². The molecule has 0 N–H and O–H groups in total. The van der Waals surface area contributed by atoms with E-state index < -0.39 is 21.6 Å². The molecule has 0 radical (unpaired) electrons. The Hall–Kier alpha value is 0.521. The minimum Gasteiger partial charge on any atom is 1.00 e. The summed E-state index contributed by atoms with van der Waals surface area (Å²) in [6.45, 7) is -1.94. The van der Waals surface area contributed by atoms with E-state index in [1.54, 1.807) is 0 Å². The molecule has 1 saturated heterocycles. The number of rotatable bonds is 4. The SMILES string of the molecule is O=BOB1OB(OB=O)O[B-](=O)O1.[K+]. The van der Waals surface area contributed by atoms with Crippen LogP contribution in [-0.4, -0.2) is 36.3 Å². The fraction of sp³-hybridized carbons (Fsp3) is 0. The first-order valence-electron chi connectivity index (χ1n) is 3.06. The average molecular weight is 221 g/mol. The van der Waals surface area contributed by atoms with Crippen molar-refractivity contribution in [2.45, 2.75) is 0 Å². The summed E-state index contributed by atoms with van der Waals surface area (Å²) in [6.07, 6.45) is 0. The Kier molecular flexibility index (Phi) is 8.06. The van der Waals surface area contributed by atoms with Crippen molar-refractivity contribution in [1.29, 1.82) is 0 Å². The van der Waals surface area contributed by atoms with Crippen LogP contribution in [0.25, 0.3) is 0 Å². The molecule has 0 aliphatic carbocycles. The molecule has 0 amide bonds. The molecule has 0 aromatic carbocycles. The molecule has 0 atom stereocenters. The number of hydrogen-bond acceptors (Lipinski definition) is 8. The van der Waals surface area contributed by atoms with E-state index in [9.17, 15) is 14.1 Å². The minimum absolute atomic E-state index is 0. The molecule has 1 rings (SSSR count). The summed E-state index contributed by atoms with van der Waals surface area (Å²) in [5, 5.41) is 0. The van der Waals surface area contributed by atoms with Crippen LogP contribution in [0.4, 0.5) is 0 Å². The molecule has 14 heavy (non-hydrogen) atoms. The van der Waals surface area contributed by atoms with Crippen LogP contribution in [0.3, 0.4) is 0 Å². The molecule has 8 nitrogen and oxygen atoms in total. The first-order chi connectivity index (χ1) is 6.26. The third kappa shape index (κ3) is 4.84. The minimum atomic E-state index is -1.94. The summed E-state index contributed by atoms with van der Waals surface area (Å²) in [7, 11) is -3.03. The second-order valence-electron chi connectivity index (χ2n) is 1.74. The molecule has 0 unspecified atom stereocenters. The monoisotopic (exact) mass is 222 g/mol. The van der Waals surface area contributed by atoms with Crippen LogP contribution in [0.2, 0.25) is 0 Å². The first-order valence-corrected chi connectivity index (χ1v) is 3.06. The maximum Gasteiger partial charge on any atom is 1.00 e. The van der Waals surface area contributed by atoms with Gasteiger partial charge in [0.25, 0.3) is 0 Å². The Balaban J connectivity index is 0.00000169. The van der Waals surface area contributed by atoms with E-state index in [2.05, 4.69) is 22.9 Å². The molecule has 1 aliphatic heterocycles. The molecular formula is B5KO8. The van der Waals surface area contributed by atoms with Gasteiger partial charge in [0.1, 0.15) is 0 Å². The molecule has 0 aromatic heterocycles.